The van der Waals surface area contributed by atoms with E-state index in [1.54, 1.807) is 11.3 Å². The minimum Gasteiger partial charge on any atom is -0.369 e. The molecular weight excluding hydrogens is 424 g/mol. The van der Waals surface area contributed by atoms with Crippen molar-refractivity contribution in [3.05, 3.63) is 71.4 Å². The van der Waals surface area contributed by atoms with Crippen molar-refractivity contribution < 1.29 is 4.84 Å². The van der Waals surface area contributed by atoms with E-state index in [1.807, 2.05) is 18.2 Å². The Kier molecular flexibility index (Phi) is 6.12. The molecular formula is C24H27ClN6O. The van der Waals surface area contributed by atoms with E-state index in [2.05, 4.69) is 68.5 Å². The second-order valence-electron chi connectivity index (χ2n) is 8.20. The highest BCUT2D eigenvalue weighted by atomic mass is 35.5. The van der Waals surface area contributed by atoms with Gasteiger partial charge in [0.05, 0.1) is 18.8 Å². The Labute approximate surface area is 193 Å². The van der Waals surface area contributed by atoms with Gasteiger partial charge in [-0.1, -0.05) is 41.9 Å². The van der Waals surface area contributed by atoms with Gasteiger partial charge in [0.1, 0.15) is 5.02 Å². The lowest BCUT2D eigenvalue weighted by Gasteiger charge is -2.34. The normalized spacial score (nSPS) is 19.4. The largest absolute Gasteiger partial charge is 0.369 e. The third kappa shape index (κ3) is 4.50. The van der Waals surface area contributed by atoms with Gasteiger partial charge in [0.25, 0.3) is 0 Å². The fourth-order valence-electron chi connectivity index (χ4n) is 4.18. The molecule has 3 aromatic rings. The Hall–Kier alpha value is -2.87. The molecule has 1 N–H and O–H groups in total. The molecule has 1 atom stereocenters. The maximum Gasteiger partial charge on any atom is 0.229 e. The van der Waals surface area contributed by atoms with Gasteiger partial charge in [-0.15, -0.1) is 0 Å². The quantitative estimate of drug-likeness (QED) is 0.613. The molecule has 0 saturated carbocycles. The maximum atomic E-state index is 6.47. The highest BCUT2D eigenvalue weighted by Crippen LogP contribution is 2.37. The van der Waals surface area contributed by atoms with Crippen LogP contribution in [0.3, 0.4) is 0 Å². The molecule has 3 heterocycles. The van der Waals surface area contributed by atoms with Crippen molar-refractivity contribution in [3.63, 3.8) is 0 Å². The highest BCUT2D eigenvalue weighted by Gasteiger charge is 2.30. The number of nitrogens with zero attached hydrogens (tertiary/aromatic N) is 5. The summed E-state index contributed by atoms with van der Waals surface area (Å²) in [5.41, 5.74) is 3.34. The van der Waals surface area contributed by atoms with Crippen molar-refractivity contribution in [2.24, 2.45) is 0 Å². The van der Waals surface area contributed by atoms with Gasteiger partial charge < -0.3 is 15.1 Å². The van der Waals surface area contributed by atoms with Gasteiger partial charge >= 0.3 is 0 Å². The minimum absolute atomic E-state index is 0.0688. The molecule has 0 unspecified atom stereocenters. The van der Waals surface area contributed by atoms with Gasteiger partial charge in [0.2, 0.25) is 5.95 Å². The third-order valence-electron chi connectivity index (χ3n) is 6.02. The van der Waals surface area contributed by atoms with Crippen LogP contribution >= 0.6 is 11.6 Å². The van der Waals surface area contributed by atoms with E-state index in [9.17, 15) is 0 Å². The van der Waals surface area contributed by atoms with Crippen molar-refractivity contribution in [2.45, 2.75) is 12.5 Å². The van der Waals surface area contributed by atoms with Gasteiger partial charge in [-0.05, 0) is 36.9 Å². The minimum atomic E-state index is 0.0688. The molecule has 0 amide bonds. The lowest BCUT2D eigenvalue weighted by atomic mass is 10.0. The van der Waals surface area contributed by atoms with Crippen LogP contribution in [-0.4, -0.2) is 54.7 Å². The zero-order chi connectivity index (χ0) is 21.9. The molecule has 8 heteroatoms. The number of nitrogens with one attached hydrogen (secondary N) is 1. The number of hydrogen-bond acceptors (Lipinski definition) is 7. The molecule has 0 spiro atoms. The summed E-state index contributed by atoms with van der Waals surface area (Å²) in [6.45, 7) is 4.89. The van der Waals surface area contributed by atoms with E-state index in [0.29, 0.717) is 23.4 Å². The molecule has 2 aliphatic heterocycles. The van der Waals surface area contributed by atoms with Crippen molar-refractivity contribution in [3.8, 4) is 0 Å². The lowest BCUT2D eigenvalue weighted by molar-refractivity contribution is 0.157. The first-order valence-electron chi connectivity index (χ1n) is 11.0. The number of aromatic nitrogens is 2. The number of hydrogen-bond donors (Lipinski definition) is 1. The molecule has 0 aliphatic carbocycles. The van der Waals surface area contributed by atoms with E-state index >= 15 is 0 Å². The maximum absolute atomic E-state index is 6.47. The molecule has 32 heavy (non-hydrogen) atoms. The first-order chi connectivity index (χ1) is 15.7. The molecule has 5 rings (SSSR count). The Balaban J connectivity index is 1.32. The summed E-state index contributed by atoms with van der Waals surface area (Å²) >= 11 is 6.47. The molecule has 2 aliphatic rings. The van der Waals surface area contributed by atoms with Crippen LogP contribution in [0, 0.1) is 0 Å². The number of piperazine rings is 1. The van der Waals surface area contributed by atoms with Crippen LogP contribution in [-0.2, 0) is 4.84 Å². The van der Waals surface area contributed by atoms with Gasteiger partial charge in [0.15, 0.2) is 5.82 Å². The zero-order valence-corrected chi connectivity index (χ0v) is 18.9. The topological polar surface area (TPSA) is 56.8 Å². The second-order valence-corrected chi connectivity index (χ2v) is 8.61. The Morgan fingerprint density at radius 3 is 2.50 bits per heavy atom. The predicted octanol–water partition coefficient (Wildman–Crippen LogP) is 4.51. The molecule has 7 nitrogen and oxygen atoms in total. The summed E-state index contributed by atoms with van der Waals surface area (Å²) in [5.74, 6) is 1.06. The van der Waals surface area contributed by atoms with Crippen LogP contribution in [0.1, 0.15) is 18.0 Å². The van der Waals surface area contributed by atoms with Crippen molar-refractivity contribution in [2.75, 3.05) is 55.1 Å². The van der Waals surface area contributed by atoms with Crippen LogP contribution in [0.2, 0.25) is 5.02 Å². The van der Waals surface area contributed by atoms with Gasteiger partial charge in [-0.25, -0.2) is 10.0 Å². The predicted molar refractivity (Wildman–Crippen MR) is 129 cm³/mol. The Bertz CT molecular complexity index is 1040. The van der Waals surface area contributed by atoms with Crippen LogP contribution in [0.15, 0.2) is 60.8 Å². The van der Waals surface area contributed by atoms with E-state index < -0.39 is 0 Å². The van der Waals surface area contributed by atoms with Crippen LogP contribution in [0.25, 0.3) is 0 Å². The van der Waals surface area contributed by atoms with E-state index in [4.69, 9.17) is 16.4 Å². The number of likely N-dealkylation sites (N-methyl/N-ethyl adjacent to an activating group) is 1. The smallest absolute Gasteiger partial charge is 0.229 e. The number of rotatable bonds is 5. The molecule has 2 saturated heterocycles. The molecule has 0 bridgehead atoms. The molecule has 1 aromatic heterocycles. The fourth-order valence-corrected chi connectivity index (χ4v) is 4.35. The Morgan fingerprint density at radius 1 is 1.00 bits per heavy atom. The fraction of sp³-hybridized carbons (Fsp3) is 0.333. The summed E-state index contributed by atoms with van der Waals surface area (Å²) in [6, 6.07) is 18.7. The number of halogens is 1. The summed E-state index contributed by atoms with van der Waals surface area (Å²) in [4.78, 5) is 19.7. The first kappa shape index (κ1) is 21.0. The zero-order valence-electron chi connectivity index (χ0n) is 18.1. The summed E-state index contributed by atoms with van der Waals surface area (Å²) in [7, 11) is 2.17. The SMILES string of the molecule is CN1CCN(c2ccc(Nc3ncc(Cl)c(N4OCC[C@@H]4c4ccccc4)n3)cc2)CC1. The van der Waals surface area contributed by atoms with Crippen LogP contribution in [0.5, 0.6) is 0 Å². The summed E-state index contributed by atoms with van der Waals surface area (Å²) in [6.07, 6.45) is 2.50. The van der Waals surface area contributed by atoms with Crippen molar-refractivity contribution >= 4 is 34.7 Å². The molecule has 2 fully saturated rings. The van der Waals surface area contributed by atoms with E-state index in [0.717, 1.165) is 38.3 Å². The van der Waals surface area contributed by atoms with Crippen molar-refractivity contribution in [1.29, 1.82) is 0 Å². The number of hydroxylamine groups is 1. The van der Waals surface area contributed by atoms with Crippen molar-refractivity contribution in [1.82, 2.24) is 14.9 Å². The second kappa shape index (κ2) is 9.32. The summed E-state index contributed by atoms with van der Waals surface area (Å²) in [5, 5.41) is 5.57. The average Bonchev–Trinajstić information content (AvgIpc) is 3.32. The number of benzene rings is 2. The standard InChI is InChI=1S/C24H27ClN6O/c1-29-12-14-30(15-13-29)20-9-7-19(8-10-20)27-24-26-17-21(25)23(28-24)31-22(11-16-32-31)18-5-3-2-4-6-18/h2-10,17,22H,11-16H2,1H3,(H,26,27,28)/t22-/m1/s1. The van der Waals surface area contributed by atoms with Crippen LogP contribution < -0.4 is 15.3 Å². The average molecular weight is 451 g/mol. The third-order valence-corrected chi connectivity index (χ3v) is 6.28. The van der Waals surface area contributed by atoms with Gasteiger partial charge in [-0.2, -0.15) is 4.98 Å². The summed E-state index contributed by atoms with van der Waals surface area (Å²) < 4.78 is 0. The molecule has 2 aromatic carbocycles. The van der Waals surface area contributed by atoms with Gasteiger partial charge in [0, 0.05) is 44.0 Å². The Morgan fingerprint density at radius 2 is 1.75 bits per heavy atom. The van der Waals surface area contributed by atoms with E-state index in [-0.39, 0.29) is 6.04 Å². The first-order valence-corrected chi connectivity index (χ1v) is 11.4. The molecule has 166 valence electrons. The monoisotopic (exact) mass is 450 g/mol. The highest BCUT2D eigenvalue weighted by molar-refractivity contribution is 6.32. The lowest BCUT2D eigenvalue weighted by Crippen LogP contribution is -2.44. The van der Waals surface area contributed by atoms with Gasteiger partial charge in [-0.3, -0.25) is 4.84 Å². The van der Waals surface area contributed by atoms with E-state index in [1.165, 1.54) is 11.3 Å². The number of anilines is 4. The van der Waals surface area contributed by atoms with Crippen LogP contribution in [0.4, 0.5) is 23.1 Å². The molecule has 0 radical (unpaired) electrons.